The Balaban J connectivity index is 1.91. The zero-order valence-electron chi connectivity index (χ0n) is 21.0. The van der Waals surface area contributed by atoms with Crippen LogP contribution in [0.3, 0.4) is 0 Å². The number of nitrogens with two attached hydrogens (primary N) is 1. The third kappa shape index (κ3) is 7.04. The number of piperidine rings is 1. The van der Waals surface area contributed by atoms with E-state index in [1.807, 2.05) is 55.5 Å². The first-order valence-electron chi connectivity index (χ1n) is 12.6. The Hall–Kier alpha value is -2.45. The number of carbonyl (C=O) groups is 1. The summed E-state index contributed by atoms with van der Waals surface area (Å²) in [5, 5.41) is 22.2. The van der Waals surface area contributed by atoms with Crippen molar-refractivity contribution in [2.75, 3.05) is 33.4 Å². The Labute approximate surface area is 208 Å². The number of carbonyl (C=O) groups excluding carboxylic acids is 1. The summed E-state index contributed by atoms with van der Waals surface area (Å²) in [4.78, 5) is 14.6. The van der Waals surface area contributed by atoms with Crippen LogP contribution in [0.4, 0.5) is 0 Å². The molecule has 7 nitrogen and oxygen atoms in total. The van der Waals surface area contributed by atoms with Crippen LogP contribution >= 0.6 is 0 Å². The summed E-state index contributed by atoms with van der Waals surface area (Å²) in [6, 6.07) is 15.5. The van der Waals surface area contributed by atoms with E-state index < -0.39 is 11.7 Å². The topological polar surface area (TPSA) is 105 Å². The lowest BCUT2D eigenvalue weighted by molar-refractivity contribution is -0.138. The molecule has 0 saturated carbocycles. The number of unbranched alkanes of at least 4 members (excludes halogenated alkanes) is 1. The largest absolute Gasteiger partial charge is 0.457 e. The lowest BCUT2D eigenvalue weighted by Crippen LogP contribution is -2.49. The number of aryl methyl sites for hydroxylation is 1. The number of aliphatic hydroxyl groups is 2. The molecule has 35 heavy (non-hydrogen) atoms. The molecule has 192 valence electrons. The highest BCUT2D eigenvalue weighted by molar-refractivity contribution is 5.76. The molecule has 4 N–H and O–H groups in total. The summed E-state index contributed by atoms with van der Waals surface area (Å²) in [5.74, 6) is 1.08. The molecule has 1 heterocycles. The molecule has 3 rings (SSSR count). The molecule has 1 saturated heterocycles. The van der Waals surface area contributed by atoms with Gasteiger partial charge in [0.15, 0.2) is 0 Å². The number of amides is 1. The van der Waals surface area contributed by atoms with Gasteiger partial charge in [-0.2, -0.15) is 0 Å². The van der Waals surface area contributed by atoms with Gasteiger partial charge >= 0.3 is 0 Å². The van der Waals surface area contributed by atoms with Crippen LogP contribution in [0.15, 0.2) is 48.5 Å². The van der Waals surface area contributed by atoms with Crippen LogP contribution < -0.4 is 10.5 Å². The van der Waals surface area contributed by atoms with Gasteiger partial charge in [0.25, 0.3) is 0 Å². The van der Waals surface area contributed by atoms with Crippen molar-refractivity contribution in [3.05, 3.63) is 59.7 Å². The molecule has 0 bridgehead atoms. The summed E-state index contributed by atoms with van der Waals surface area (Å²) < 4.78 is 11.6. The second-order valence-electron chi connectivity index (χ2n) is 9.51. The van der Waals surface area contributed by atoms with Gasteiger partial charge < -0.3 is 30.3 Å². The van der Waals surface area contributed by atoms with Crippen LogP contribution in [0.25, 0.3) is 0 Å². The molecule has 0 radical (unpaired) electrons. The van der Waals surface area contributed by atoms with Crippen LogP contribution in [0.5, 0.6) is 11.5 Å². The number of likely N-dealkylation sites (tertiary alicyclic amines) is 1. The highest BCUT2D eigenvalue weighted by atomic mass is 16.5. The zero-order chi connectivity index (χ0) is 25.3. The first kappa shape index (κ1) is 27.1. The molecule has 1 aliphatic heterocycles. The van der Waals surface area contributed by atoms with Crippen molar-refractivity contribution in [3.63, 3.8) is 0 Å². The van der Waals surface area contributed by atoms with E-state index in [-0.39, 0.29) is 24.8 Å². The third-order valence-corrected chi connectivity index (χ3v) is 6.96. The molecule has 0 aromatic heterocycles. The Kier molecular flexibility index (Phi) is 10.1. The van der Waals surface area contributed by atoms with Gasteiger partial charge in [0.2, 0.25) is 5.91 Å². The summed E-state index contributed by atoms with van der Waals surface area (Å²) in [6.07, 6.45) is 2.88. The first-order chi connectivity index (χ1) is 16.9. The van der Waals surface area contributed by atoms with Crippen molar-refractivity contribution in [2.24, 2.45) is 11.7 Å². The monoisotopic (exact) mass is 484 g/mol. The average Bonchev–Trinajstić information content (AvgIpc) is 2.88. The zero-order valence-corrected chi connectivity index (χ0v) is 21.0. The molecule has 0 aliphatic carbocycles. The molecule has 0 spiro atoms. The summed E-state index contributed by atoms with van der Waals surface area (Å²) in [6.45, 7) is 3.72. The third-order valence-electron chi connectivity index (χ3n) is 6.96. The van der Waals surface area contributed by atoms with E-state index in [4.69, 9.17) is 15.2 Å². The van der Waals surface area contributed by atoms with Crippen molar-refractivity contribution in [2.45, 2.75) is 57.2 Å². The molecule has 2 aromatic carbocycles. The van der Waals surface area contributed by atoms with Crippen LogP contribution in [0, 0.1) is 12.8 Å². The van der Waals surface area contributed by atoms with Crippen LogP contribution in [-0.4, -0.2) is 60.5 Å². The molecule has 7 heteroatoms. The lowest BCUT2D eigenvalue weighted by Gasteiger charge is -2.43. The van der Waals surface area contributed by atoms with Crippen LogP contribution in [-0.2, 0) is 15.1 Å². The van der Waals surface area contributed by atoms with Gasteiger partial charge in [0.05, 0.1) is 18.1 Å². The Morgan fingerprint density at radius 2 is 1.89 bits per heavy atom. The molecule has 1 unspecified atom stereocenters. The van der Waals surface area contributed by atoms with E-state index in [2.05, 4.69) is 0 Å². The van der Waals surface area contributed by atoms with Crippen molar-refractivity contribution in [1.82, 2.24) is 4.90 Å². The number of aliphatic hydroxyl groups excluding tert-OH is 1. The SMILES string of the molecule is COCCCC[C@@](O)(c1ccccc1Oc1ccccc1C)[C@@H]1CCCN(C(=O)CC(O)CN)C1. The van der Waals surface area contributed by atoms with Crippen LogP contribution in [0.2, 0.25) is 0 Å². The quantitative estimate of drug-likeness (QED) is 0.397. The average molecular weight is 485 g/mol. The maximum absolute atomic E-state index is 12.8. The van der Waals surface area contributed by atoms with E-state index in [0.717, 1.165) is 42.6 Å². The second kappa shape index (κ2) is 13.0. The maximum Gasteiger partial charge on any atom is 0.225 e. The summed E-state index contributed by atoms with van der Waals surface area (Å²) in [7, 11) is 1.68. The molecule has 1 fully saturated rings. The summed E-state index contributed by atoms with van der Waals surface area (Å²) in [5.41, 5.74) is 6.08. The first-order valence-corrected chi connectivity index (χ1v) is 12.6. The number of hydrogen-bond acceptors (Lipinski definition) is 6. The fourth-order valence-electron chi connectivity index (χ4n) is 4.91. The minimum Gasteiger partial charge on any atom is -0.457 e. The van der Waals surface area contributed by atoms with Gasteiger partial charge in [-0.15, -0.1) is 0 Å². The van der Waals surface area contributed by atoms with Crippen molar-refractivity contribution < 1.29 is 24.5 Å². The predicted molar refractivity (Wildman–Crippen MR) is 136 cm³/mol. The number of ether oxygens (including phenoxy) is 2. The fraction of sp³-hybridized carbons (Fsp3) is 0.536. The molecular weight excluding hydrogens is 444 g/mol. The number of benzene rings is 2. The highest BCUT2D eigenvalue weighted by Crippen LogP contribution is 2.44. The van der Waals surface area contributed by atoms with E-state index in [0.29, 0.717) is 31.9 Å². The van der Waals surface area contributed by atoms with Gasteiger partial charge in [-0.25, -0.2) is 0 Å². The van der Waals surface area contributed by atoms with Crippen LogP contribution in [0.1, 0.15) is 49.7 Å². The maximum atomic E-state index is 12.8. The van der Waals surface area contributed by atoms with E-state index in [1.165, 1.54) is 0 Å². The van der Waals surface area contributed by atoms with Gasteiger partial charge in [0.1, 0.15) is 11.5 Å². The molecule has 3 atom stereocenters. The van der Waals surface area contributed by atoms with Crippen molar-refractivity contribution in [3.8, 4) is 11.5 Å². The van der Waals surface area contributed by atoms with Gasteiger partial charge in [-0.05, 0) is 56.7 Å². The molecule has 2 aromatic rings. The summed E-state index contributed by atoms with van der Waals surface area (Å²) >= 11 is 0. The normalized spacial score (nSPS) is 18.7. The van der Waals surface area contributed by atoms with Gasteiger partial charge in [-0.3, -0.25) is 4.79 Å². The minimum atomic E-state index is -1.18. The van der Waals surface area contributed by atoms with Gasteiger partial charge in [-0.1, -0.05) is 36.4 Å². The predicted octanol–water partition coefficient (Wildman–Crippen LogP) is 3.74. The van der Waals surface area contributed by atoms with Crippen molar-refractivity contribution in [1.29, 1.82) is 0 Å². The number of nitrogens with zero attached hydrogens (tertiary/aromatic N) is 1. The molecule has 1 aliphatic rings. The number of para-hydroxylation sites is 2. The van der Waals surface area contributed by atoms with Crippen molar-refractivity contribution >= 4 is 5.91 Å². The van der Waals surface area contributed by atoms with E-state index in [9.17, 15) is 15.0 Å². The second-order valence-corrected chi connectivity index (χ2v) is 9.51. The number of rotatable bonds is 12. The smallest absolute Gasteiger partial charge is 0.225 e. The Morgan fingerprint density at radius 1 is 1.17 bits per heavy atom. The van der Waals surface area contributed by atoms with E-state index in [1.54, 1.807) is 12.0 Å². The lowest BCUT2D eigenvalue weighted by atomic mass is 9.73. The molecular formula is C28H40N2O5. The van der Waals surface area contributed by atoms with Gasteiger partial charge in [0, 0.05) is 44.8 Å². The highest BCUT2D eigenvalue weighted by Gasteiger charge is 2.43. The standard InChI is InChI=1S/C28H40N2O5/c1-21-10-3-5-13-25(21)35-26-14-6-4-12-24(26)28(33,15-7-8-17-34-2)22-11-9-16-30(20-22)27(32)18-23(31)19-29/h3-6,10,12-14,22-23,31,33H,7-9,11,15-20,29H2,1-2H3/t22-,23?,28+/m1/s1. The Bertz CT molecular complexity index is 952. The minimum absolute atomic E-state index is 0.00245. The fourth-order valence-corrected chi connectivity index (χ4v) is 4.91. The Morgan fingerprint density at radius 3 is 2.60 bits per heavy atom. The number of methoxy groups -OCH3 is 1. The van der Waals surface area contributed by atoms with E-state index >= 15 is 0 Å². The molecule has 1 amide bonds. The number of hydrogen-bond donors (Lipinski definition) is 3.